The van der Waals surface area contributed by atoms with Crippen molar-refractivity contribution in [1.82, 2.24) is 19.8 Å². The minimum absolute atomic E-state index is 0.673. The molecular weight excluding hydrogens is 326 g/mol. The first-order valence-corrected chi connectivity index (χ1v) is 9.65. The second-order valence-corrected chi connectivity index (χ2v) is 7.30. The highest BCUT2D eigenvalue weighted by Gasteiger charge is 2.28. The van der Waals surface area contributed by atoms with Gasteiger partial charge in [0.1, 0.15) is 5.75 Å². The van der Waals surface area contributed by atoms with Crippen molar-refractivity contribution in [1.29, 1.82) is 0 Å². The van der Waals surface area contributed by atoms with Crippen molar-refractivity contribution in [3.8, 4) is 5.75 Å². The smallest absolute Gasteiger partial charge is 0.142 e. The van der Waals surface area contributed by atoms with Gasteiger partial charge in [-0.3, -0.25) is 9.80 Å². The van der Waals surface area contributed by atoms with Crippen molar-refractivity contribution in [2.24, 2.45) is 0 Å². The number of aromatic amines is 1. The van der Waals surface area contributed by atoms with Gasteiger partial charge in [0.05, 0.1) is 19.1 Å². The van der Waals surface area contributed by atoms with E-state index in [9.17, 15) is 0 Å². The molecule has 0 spiro atoms. The number of benzene rings is 1. The minimum atomic E-state index is 0.673. The van der Waals surface area contributed by atoms with Crippen molar-refractivity contribution in [2.45, 2.75) is 25.4 Å². The summed E-state index contributed by atoms with van der Waals surface area (Å²) >= 11 is 0. The Balaban J connectivity index is 1.32. The van der Waals surface area contributed by atoms with Crippen LogP contribution in [0.4, 0.5) is 5.69 Å². The molecule has 0 bridgehead atoms. The molecule has 2 fully saturated rings. The molecule has 0 radical (unpaired) electrons. The van der Waals surface area contributed by atoms with Gasteiger partial charge in [0.25, 0.3) is 0 Å². The maximum absolute atomic E-state index is 5.54. The fourth-order valence-electron chi connectivity index (χ4n) is 4.30. The molecule has 2 saturated heterocycles. The molecule has 1 unspecified atom stereocenters. The first kappa shape index (κ1) is 17.4. The third-order valence-corrected chi connectivity index (χ3v) is 5.69. The van der Waals surface area contributed by atoms with E-state index in [0.717, 1.165) is 45.0 Å². The average Bonchev–Trinajstić information content (AvgIpc) is 3.21. The summed E-state index contributed by atoms with van der Waals surface area (Å²) in [6.07, 6.45) is 6.31. The SMILES string of the molecule is COc1ccccc1N1CCN(C2CCCN(Cc3cnc[nH]3)C2)CC1. The summed E-state index contributed by atoms with van der Waals surface area (Å²) in [5.41, 5.74) is 2.44. The van der Waals surface area contributed by atoms with Gasteiger partial charge in [0, 0.05) is 57.2 Å². The summed E-state index contributed by atoms with van der Waals surface area (Å²) < 4.78 is 5.54. The average molecular weight is 355 g/mol. The summed E-state index contributed by atoms with van der Waals surface area (Å²) in [5.74, 6) is 0.976. The largest absolute Gasteiger partial charge is 0.495 e. The van der Waals surface area contributed by atoms with E-state index in [1.807, 2.05) is 12.3 Å². The molecule has 4 rings (SSSR count). The molecule has 140 valence electrons. The number of H-pyrrole nitrogens is 1. The summed E-state index contributed by atoms with van der Waals surface area (Å²) in [5, 5.41) is 0. The first-order chi connectivity index (χ1) is 12.8. The fourth-order valence-corrected chi connectivity index (χ4v) is 4.30. The van der Waals surface area contributed by atoms with Crippen LogP contribution in [-0.4, -0.2) is 72.2 Å². The molecule has 1 aromatic carbocycles. The number of likely N-dealkylation sites (tertiary alicyclic amines) is 1. The van der Waals surface area contributed by atoms with Crippen molar-refractivity contribution < 1.29 is 4.74 Å². The van der Waals surface area contributed by atoms with Crippen LogP contribution in [0.1, 0.15) is 18.5 Å². The summed E-state index contributed by atoms with van der Waals surface area (Å²) in [6.45, 7) is 7.72. The van der Waals surface area contributed by atoms with Crippen molar-refractivity contribution in [2.75, 3.05) is 51.3 Å². The quantitative estimate of drug-likeness (QED) is 0.891. The molecule has 2 aliphatic rings. The standard InChI is InChI=1S/C20H29N5O/c1-26-20-7-3-2-6-19(20)25-11-9-24(10-12-25)18-5-4-8-23(15-18)14-17-13-21-16-22-17/h2-3,6-7,13,16,18H,4-5,8-12,14-15H2,1H3,(H,21,22). The van der Waals surface area contributed by atoms with Crippen LogP contribution in [0.15, 0.2) is 36.8 Å². The Morgan fingerprint density at radius 3 is 2.77 bits per heavy atom. The van der Waals surface area contributed by atoms with Crippen LogP contribution in [0.25, 0.3) is 0 Å². The van der Waals surface area contributed by atoms with Gasteiger partial charge >= 0.3 is 0 Å². The Kier molecular flexibility index (Phi) is 5.41. The Bertz CT molecular complexity index is 681. The molecule has 26 heavy (non-hydrogen) atoms. The third-order valence-electron chi connectivity index (χ3n) is 5.69. The molecule has 2 aromatic rings. The van der Waals surface area contributed by atoms with Crippen molar-refractivity contribution >= 4 is 5.69 Å². The number of anilines is 1. The normalized spacial score (nSPS) is 22.5. The molecule has 6 nitrogen and oxygen atoms in total. The predicted molar refractivity (Wildman–Crippen MR) is 104 cm³/mol. The summed E-state index contributed by atoms with van der Waals surface area (Å²) in [7, 11) is 1.76. The third kappa shape index (κ3) is 3.86. The molecule has 2 aliphatic heterocycles. The number of piperidine rings is 1. The molecule has 3 heterocycles. The zero-order valence-electron chi connectivity index (χ0n) is 15.6. The van der Waals surface area contributed by atoms with Gasteiger partial charge in [-0.1, -0.05) is 12.1 Å². The van der Waals surface area contributed by atoms with Crippen molar-refractivity contribution in [3.05, 3.63) is 42.5 Å². The van der Waals surface area contributed by atoms with E-state index in [-0.39, 0.29) is 0 Å². The monoisotopic (exact) mass is 355 g/mol. The lowest BCUT2D eigenvalue weighted by atomic mass is 10.0. The molecule has 1 aromatic heterocycles. The van der Waals surface area contributed by atoms with Gasteiger partial charge in [-0.15, -0.1) is 0 Å². The van der Waals surface area contributed by atoms with Crippen LogP contribution in [0.5, 0.6) is 5.75 Å². The Morgan fingerprint density at radius 2 is 2.00 bits per heavy atom. The lowest BCUT2D eigenvalue weighted by Gasteiger charge is -2.44. The summed E-state index contributed by atoms with van der Waals surface area (Å²) in [6, 6.07) is 9.02. The van der Waals surface area contributed by atoms with Crippen molar-refractivity contribution in [3.63, 3.8) is 0 Å². The van der Waals surface area contributed by atoms with E-state index >= 15 is 0 Å². The van der Waals surface area contributed by atoms with Crippen LogP contribution in [-0.2, 0) is 6.54 Å². The molecule has 0 amide bonds. The number of nitrogens with one attached hydrogen (secondary N) is 1. The molecule has 1 N–H and O–H groups in total. The van der Waals surface area contributed by atoms with E-state index in [2.05, 4.69) is 42.9 Å². The minimum Gasteiger partial charge on any atom is -0.495 e. The number of piperazine rings is 1. The highest BCUT2D eigenvalue weighted by Crippen LogP contribution is 2.29. The first-order valence-electron chi connectivity index (χ1n) is 9.65. The number of rotatable bonds is 5. The lowest BCUT2D eigenvalue weighted by molar-refractivity contribution is 0.0881. The van der Waals surface area contributed by atoms with E-state index in [0.29, 0.717) is 6.04 Å². The van der Waals surface area contributed by atoms with Gasteiger partial charge in [-0.05, 0) is 31.5 Å². The predicted octanol–water partition coefficient (Wildman–Crippen LogP) is 2.20. The Labute approximate surface area is 155 Å². The Hall–Kier alpha value is -2.05. The number of ether oxygens (including phenoxy) is 1. The number of imidazole rings is 1. The van der Waals surface area contributed by atoms with Gasteiger partial charge in [0.15, 0.2) is 0 Å². The zero-order valence-corrected chi connectivity index (χ0v) is 15.6. The Morgan fingerprint density at radius 1 is 1.15 bits per heavy atom. The van der Waals surface area contributed by atoms with Crippen LogP contribution in [0.2, 0.25) is 0 Å². The maximum Gasteiger partial charge on any atom is 0.142 e. The second-order valence-electron chi connectivity index (χ2n) is 7.30. The van der Waals surface area contributed by atoms with Gasteiger partial charge in [-0.25, -0.2) is 4.98 Å². The van der Waals surface area contributed by atoms with Crippen LogP contribution < -0.4 is 9.64 Å². The number of aromatic nitrogens is 2. The van der Waals surface area contributed by atoms with Crippen LogP contribution >= 0.6 is 0 Å². The lowest BCUT2D eigenvalue weighted by Crippen LogP contribution is -2.55. The molecule has 6 heteroatoms. The van der Waals surface area contributed by atoms with Crippen LogP contribution in [0.3, 0.4) is 0 Å². The number of methoxy groups -OCH3 is 1. The molecule has 1 atom stereocenters. The van der Waals surface area contributed by atoms with E-state index < -0.39 is 0 Å². The molecular formula is C20H29N5O. The van der Waals surface area contributed by atoms with E-state index in [1.54, 1.807) is 13.4 Å². The fraction of sp³-hybridized carbons (Fsp3) is 0.550. The zero-order chi connectivity index (χ0) is 17.8. The van der Waals surface area contributed by atoms with Gasteiger partial charge in [-0.2, -0.15) is 0 Å². The number of para-hydroxylation sites is 2. The summed E-state index contributed by atoms with van der Waals surface area (Å²) in [4.78, 5) is 15.1. The van der Waals surface area contributed by atoms with E-state index in [1.165, 1.54) is 30.8 Å². The maximum atomic E-state index is 5.54. The van der Waals surface area contributed by atoms with E-state index in [4.69, 9.17) is 4.74 Å². The number of hydrogen-bond acceptors (Lipinski definition) is 5. The number of hydrogen-bond donors (Lipinski definition) is 1. The molecule has 0 aliphatic carbocycles. The number of nitrogens with zero attached hydrogens (tertiary/aromatic N) is 4. The van der Waals surface area contributed by atoms with Gasteiger partial charge in [0.2, 0.25) is 0 Å². The highest BCUT2D eigenvalue weighted by atomic mass is 16.5. The topological polar surface area (TPSA) is 47.6 Å². The van der Waals surface area contributed by atoms with Crippen LogP contribution in [0, 0.1) is 0 Å². The molecule has 0 saturated carbocycles. The highest BCUT2D eigenvalue weighted by molar-refractivity contribution is 5.58. The van der Waals surface area contributed by atoms with Gasteiger partial charge < -0.3 is 14.6 Å². The second kappa shape index (κ2) is 8.10.